The molecule has 0 saturated carbocycles. The summed E-state index contributed by atoms with van der Waals surface area (Å²) in [6, 6.07) is 1.89. The Morgan fingerprint density at radius 2 is 2.33 bits per heavy atom. The predicted molar refractivity (Wildman–Crippen MR) is 63.4 cm³/mol. The van der Waals surface area contributed by atoms with Gasteiger partial charge in [0.25, 0.3) is 5.56 Å². The number of fused-ring (bicyclic) bond motifs is 1. The Morgan fingerprint density at radius 3 is 3.13 bits per heavy atom. The van der Waals surface area contributed by atoms with E-state index < -0.39 is 0 Å². The molecule has 0 saturated heterocycles. The average molecular weight is 222 g/mol. The number of nitrogens with zero attached hydrogens (tertiary/aromatic N) is 2. The van der Waals surface area contributed by atoms with E-state index in [1.54, 1.807) is 10.9 Å². The summed E-state index contributed by atoms with van der Waals surface area (Å²) in [5.41, 5.74) is 0.919. The maximum absolute atomic E-state index is 11.9. The first-order chi connectivity index (χ1) is 7.33. The standard InChI is InChI=1S/C11H14N2OS/c1-2-3-4-6-13-8-12-9-5-7-15-10(9)11(13)14/h5,7-8H,2-4,6H2,1H3. The van der Waals surface area contributed by atoms with Gasteiger partial charge >= 0.3 is 0 Å². The van der Waals surface area contributed by atoms with Crippen LogP contribution in [0.1, 0.15) is 26.2 Å². The largest absolute Gasteiger partial charge is 0.298 e. The lowest BCUT2D eigenvalue weighted by atomic mass is 10.2. The Bertz CT molecular complexity index is 501. The van der Waals surface area contributed by atoms with Crippen molar-refractivity contribution >= 4 is 21.6 Å². The summed E-state index contributed by atoms with van der Waals surface area (Å²) in [6.45, 7) is 2.94. The van der Waals surface area contributed by atoms with E-state index >= 15 is 0 Å². The number of thiophene rings is 1. The highest BCUT2D eigenvalue weighted by molar-refractivity contribution is 7.17. The summed E-state index contributed by atoms with van der Waals surface area (Å²) in [7, 11) is 0. The molecular weight excluding hydrogens is 208 g/mol. The third-order valence-corrected chi connectivity index (χ3v) is 3.33. The Hall–Kier alpha value is -1.16. The molecule has 0 N–H and O–H groups in total. The molecule has 3 nitrogen and oxygen atoms in total. The van der Waals surface area contributed by atoms with Gasteiger partial charge in [-0.15, -0.1) is 11.3 Å². The van der Waals surface area contributed by atoms with E-state index in [-0.39, 0.29) is 5.56 Å². The quantitative estimate of drug-likeness (QED) is 0.745. The number of unbranched alkanes of at least 4 members (excludes halogenated alkanes) is 2. The van der Waals surface area contributed by atoms with Crippen LogP contribution >= 0.6 is 11.3 Å². The minimum absolute atomic E-state index is 0.103. The minimum Gasteiger partial charge on any atom is -0.298 e. The molecule has 0 aliphatic heterocycles. The number of aryl methyl sites for hydroxylation is 1. The Balaban J connectivity index is 2.28. The highest BCUT2D eigenvalue weighted by atomic mass is 32.1. The third kappa shape index (κ3) is 2.09. The highest BCUT2D eigenvalue weighted by Crippen LogP contribution is 2.13. The van der Waals surface area contributed by atoms with Gasteiger partial charge in [0.15, 0.2) is 0 Å². The monoisotopic (exact) mass is 222 g/mol. The molecule has 0 aliphatic carbocycles. The van der Waals surface area contributed by atoms with E-state index in [0.717, 1.165) is 29.6 Å². The van der Waals surface area contributed by atoms with Crippen molar-refractivity contribution in [2.45, 2.75) is 32.7 Å². The molecule has 0 amide bonds. The molecule has 0 aliphatic rings. The van der Waals surface area contributed by atoms with Crippen molar-refractivity contribution in [2.24, 2.45) is 0 Å². The van der Waals surface area contributed by atoms with Crippen LogP contribution in [0.25, 0.3) is 10.2 Å². The maximum atomic E-state index is 11.9. The molecule has 0 aromatic carbocycles. The molecule has 2 heterocycles. The molecule has 2 rings (SSSR count). The van der Waals surface area contributed by atoms with Crippen LogP contribution in [0.3, 0.4) is 0 Å². The first kappa shape index (κ1) is 10.4. The SMILES string of the molecule is CCCCCn1cnc2ccsc2c1=O. The van der Waals surface area contributed by atoms with Crippen LogP contribution in [-0.2, 0) is 6.54 Å². The second-order valence-corrected chi connectivity index (χ2v) is 4.50. The van der Waals surface area contributed by atoms with Gasteiger partial charge in [-0.2, -0.15) is 0 Å². The molecule has 4 heteroatoms. The van der Waals surface area contributed by atoms with Crippen LogP contribution in [0.4, 0.5) is 0 Å². The third-order valence-electron chi connectivity index (χ3n) is 2.44. The van der Waals surface area contributed by atoms with E-state index in [9.17, 15) is 4.79 Å². The van der Waals surface area contributed by atoms with Crippen molar-refractivity contribution in [1.29, 1.82) is 0 Å². The van der Waals surface area contributed by atoms with Crippen LogP contribution in [-0.4, -0.2) is 9.55 Å². The van der Waals surface area contributed by atoms with E-state index in [0.29, 0.717) is 0 Å². The molecule has 15 heavy (non-hydrogen) atoms. The maximum Gasteiger partial charge on any atom is 0.271 e. The molecule has 0 unspecified atom stereocenters. The molecule has 0 radical (unpaired) electrons. The van der Waals surface area contributed by atoms with E-state index in [1.165, 1.54) is 17.8 Å². The molecule has 2 aromatic heterocycles. The molecular formula is C11H14N2OS. The molecule has 2 aromatic rings. The fourth-order valence-corrected chi connectivity index (χ4v) is 2.36. The lowest BCUT2D eigenvalue weighted by molar-refractivity contribution is 0.584. The number of aromatic nitrogens is 2. The zero-order chi connectivity index (χ0) is 10.7. The highest BCUT2D eigenvalue weighted by Gasteiger charge is 2.04. The topological polar surface area (TPSA) is 34.9 Å². The Morgan fingerprint density at radius 1 is 1.47 bits per heavy atom. The van der Waals surface area contributed by atoms with Crippen LogP contribution in [0.2, 0.25) is 0 Å². The van der Waals surface area contributed by atoms with Gasteiger partial charge in [0.05, 0.1) is 11.8 Å². The minimum atomic E-state index is 0.103. The zero-order valence-electron chi connectivity index (χ0n) is 8.77. The van der Waals surface area contributed by atoms with Gasteiger partial charge in [0.1, 0.15) is 4.70 Å². The summed E-state index contributed by atoms with van der Waals surface area (Å²) in [5.74, 6) is 0. The molecule has 0 spiro atoms. The predicted octanol–water partition coefficient (Wildman–Crippen LogP) is 2.65. The van der Waals surface area contributed by atoms with Crippen molar-refractivity contribution in [3.05, 3.63) is 28.1 Å². The number of hydrogen-bond acceptors (Lipinski definition) is 3. The molecule has 0 atom stereocenters. The van der Waals surface area contributed by atoms with Gasteiger partial charge in [-0.05, 0) is 17.9 Å². The summed E-state index contributed by atoms with van der Waals surface area (Å²) in [6.07, 6.45) is 5.04. The zero-order valence-corrected chi connectivity index (χ0v) is 9.59. The second-order valence-electron chi connectivity index (χ2n) is 3.59. The van der Waals surface area contributed by atoms with Crippen LogP contribution in [0, 0.1) is 0 Å². The van der Waals surface area contributed by atoms with Gasteiger partial charge in [-0.3, -0.25) is 9.36 Å². The number of rotatable bonds is 4. The second kappa shape index (κ2) is 4.57. The van der Waals surface area contributed by atoms with E-state index in [2.05, 4.69) is 11.9 Å². The average Bonchev–Trinajstić information content (AvgIpc) is 2.70. The normalized spacial score (nSPS) is 11.0. The van der Waals surface area contributed by atoms with Crippen molar-refractivity contribution in [1.82, 2.24) is 9.55 Å². The van der Waals surface area contributed by atoms with Crippen molar-refractivity contribution in [2.75, 3.05) is 0 Å². The van der Waals surface area contributed by atoms with Crippen LogP contribution in [0.5, 0.6) is 0 Å². The van der Waals surface area contributed by atoms with Crippen molar-refractivity contribution < 1.29 is 0 Å². The fraction of sp³-hybridized carbons (Fsp3) is 0.455. The molecule has 0 fully saturated rings. The summed E-state index contributed by atoms with van der Waals surface area (Å²) in [5, 5.41) is 1.91. The van der Waals surface area contributed by atoms with Gasteiger partial charge in [-0.1, -0.05) is 19.8 Å². The van der Waals surface area contributed by atoms with Gasteiger partial charge in [-0.25, -0.2) is 4.98 Å². The first-order valence-electron chi connectivity index (χ1n) is 5.25. The van der Waals surface area contributed by atoms with Crippen molar-refractivity contribution in [3.63, 3.8) is 0 Å². The summed E-state index contributed by atoms with van der Waals surface area (Å²) in [4.78, 5) is 16.2. The molecule has 0 bridgehead atoms. The first-order valence-corrected chi connectivity index (χ1v) is 6.13. The van der Waals surface area contributed by atoms with Gasteiger partial charge in [0, 0.05) is 6.54 Å². The van der Waals surface area contributed by atoms with Gasteiger partial charge < -0.3 is 0 Å². The van der Waals surface area contributed by atoms with Crippen LogP contribution in [0.15, 0.2) is 22.6 Å². The molecule has 80 valence electrons. The Kier molecular flexibility index (Phi) is 3.16. The summed E-state index contributed by atoms with van der Waals surface area (Å²) < 4.78 is 2.49. The lowest BCUT2D eigenvalue weighted by Crippen LogP contribution is -2.19. The fourth-order valence-electron chi connectivity index (χ4n) is 1.57. The van der Waals surface area contributed by atoms with Crippen molar-refractivity contribution in [3.8, 4) is 0 Å². The van der Waals surface area contributed by atoms with E-state index in [4.69, 9.17) is 0 Å². The lowest BCUT2D eigenvalue weighted by Gasteiger charge is -2.03. The smallest absolute Gasteiger partial charge is 0.271 e. The van der Waals surface area contributed by atoms with E-state index in [1.807, 2.05) is 11.4 Å². The van der Waals surface area contributed by atoms with Gasteiger partial charge in [0.2, 0.25) is 0 Å². The summed E-state index contributed by atoms with van der Waals surface area (Å²) >= 11 is 1.47. The van der Waals surface area contributed by atoms with Crippen LogP contribution < -0.4 is 5.56 Å². The number of hydrogen-bond donors (Lipinski definition) is 0. The Labute approximate surface area is 92.4 Å².